The largest absolute Gasteiger partial charge is 0.472 e. The van der Waals surface area contributed by atoms with Crippen LogP contribution in [0.5, 0.6) is 0 Å². The number of aliphatic hydroxyl groups is 1. The molecule has 0 aromatic carbocycles. The van der Waals surface area contributed by atoms with Gasteiger partial charge in [0, 0.05) is 6.42 Å². The van der Waals surface area contributed by atoms with Crippen molar-refractivity contribution in [1.29, 1.82) is 0 Å². The highest BCUT2D eigenvalue weighted by atomic mass is 31.2. The van der Waals surface area contributed by atoms with Gasteiger partial charge < -0.3 is 19.8 Å². The molecule has 0 rings (SSSR count). The summed E-state index contributed by atoms with van der Waals surface area (Å²) in [6.45, 7) is 4.85. The number of hydrogen-bond donors (Lipinski definition) is 3. The van der Waals surface area contributed by atoms with Crippen LogP contribution in [0.1, 0.15) is 406 Å². The van der Waals surface area contributed by atoms with Gasteiger partial charge in [-0.25, -0.2) is 4.57 Å². The first-order valence-corrected chi connectivity index (χ1v) is 41.0. The zero-order valence-electron chi connectivity index (χ0n) is 60.5. The maximum atomic E-state index is 13.1. The van der Waals surface area contributed by atoms with Crippen molar-refractivity contribution in [3.05, 3.63) is 48.6 Å². The molecule has 526 valence electrons. The van der Waals surface area contributed by atoms with Crippen molar-refractivity contribution in [3.63, 3.8) is 0 Å². The molecule has 0 saturated carbocycles. The molecule has 0 aliphatic rings. The number of quaternary nitrogens is 1. The third-order valence-electron chi connectivity index (χ3n) is 18.2. The molecular formula is C80H156N2O6P+. The van der Waals surface area contributed by atoms with Gasteiger partial charge in [0.1, 0.15) is 13.2 Å². The van der Waals surface area contributed by atoms with E-state index in [1.165, 1.54) is 340 Å². The number of phosphoric ester groups is 1. The Balaban J connectivity index is 3.95. The van der Waals surface area contributed by atoms with E-state index in [0.717, 1.165) is 44.9 Å². The molecule has 89 heavy (non-hydrogen) atoms. The van der Waals surface area contributed by atoms with Crippen molar-refractivity contribution in [3.8, 4) is 0 Å². The van der Waals surface area contributed by atoms with Crippen molar-refractivity contribution in [2.75, 3.05) is 40.9 Å². The van der Waals surface area contributed by atoms with E-state index in [9.17, 15) is 19.4 Å². The van der Waals surface area contributed by atoms with Gasteiger partial charge in [-0.05, 0) is 70.6 Å². The van der Waals surface area contributed by atoms with Crippen molar-refractivity contribution in [2.24, 2.45) is 0 Å². The summed E-state index contributed by atoms with van der Waals surface area (Å²) in [5.41, 5.74) is 0. The van der Waals surface area contributed by atoms with Crippen molar-refractivity contribution >= 4 is 13.7 Å². The Bertz CT molecular complexity index is 1590. The van der Waals surface area contributed by atoms with Crippen molar-refractivity contribution in [2.45, 2.75) is 418 Å². The summed E-state index contributed by atoms with van der Waals surface area (Å²) in [6, 6.07) is -0.871. The summed E-state index contributed by atoms with van der Waals surface area (Å²) in [6.07, 6.45) is 97.5. The molecule has 3 atom stereocenters. The normalized spacial score (nSPS) is 13.7. The lowest BCUT2D eigenvalue weighted by Crippen LogP contribution is -2.45. The van der Waals surface area contributed by atoms with Crippen LogP contribution in [0.15, 0.2) is 48.6 Å². The van der Waals surface area contributed by atoms with E-state index in [2.05, 4.69) is 55.6 Å². The van der Waals surface area contributed by atoms with Gasteiger partial charge in [-0.15, -0.1) is 0 Å². The predicted molar refractivity (Wildman–Crippen MR) is 392 cm³/mol. The molecule has 0 heterocycles. The molecule has 0 saturated heterocycles. The van der Waals surface area contributed by atoms with Crippen LogP contribution in [-0.2, 0) is 18.4 Å². The Morgan fingerprint density at radius 3 is 0.899 bits per heavy atom. The van der Waals surface area contributed by atoms with Gasteiger partial charge in [0.15, 0.2) is 0 Å². The Morgan fingerprint density at radius 2 is 0.618 bits per heavy atom. The zero-order valence-corrected chi connectivity index (χ0v) is 61.3. The SMILES string of the molecule is CCCCCCCCCC/C=C\CCCCCCCCCCCCCCCCCCCCCCCCCCCCCCCC(=O)NC(COP(=O)(O)OCC[N+](C)(C)C)C(O)/C=C/CC/C=C/CC/C=C/CCCCCCCCCCCCCCCCCC. The average Bonchev–Trinajstić information content (AvgIpc) is 3.61. The molecule has 0 spiro atoms. The third-order valence-corrected chi connectivity index (χ3v) is 19.2. The van der Waals surface area contributed by atoms with Gasteiger partial charge in [0.05, 0.1) is 39.9 Å². The molecule has 0 aliphatic heterocycles. The monoisotopic (exact) mass is 1270 g/mol. The van der Waals surface area contributed by atoms with Gasteiger partial charge in [-0.1, -0.05) is 377 Å². The number of amides is 1. The Labute approximate surface area is 556 Å². The van der Waals surface area contributed by atoms with Gasteiger partial charge in [-0.3, -0.25) is 13.8 Å². The second kappa shape index (κ2) is 70.8. The number of nitrogens with one attached hydrogen (secondary N) is 1. The van der Waals surface area contributed by atoms with Gasteiger partial charge in [-0.2, -0.15) is 0 Å². The summed E-state index contributed by atoms with van der Waals surface area (Å²) in [5, 5.41) is 14.0. The van der Waals surface area contributed by atoms with Crippen LogP contribution in [0.3, 0.4) is 0 Å². The maximum Gasteiger partial charge on any atom is 0.472 e. The van der Waals surface area contributed by atoms with Gasteiger partial charge in [0.2, 0.25) is 5.91 Å². The van der Waals surface area contributed by atoms with Crippen molar-refractivity contribution < 1.29 is 32.9 Å². The number of unbranched alkanes of at least 4 members (excludes halogenated alkanes) is 55. The Hall–Kier alpha value is -1.54. The second-order valence-corrected chi connectivity index (χ2v) is 29.9. The van der Waals surface area contributed by atoms with Crippen LogP contribution >= 0.6 is 7.82 Å². The van der Waals surface area contributed by atoms with Crippen LogP contribution in [0.4, 0.5) is 0 Å². The Morgan fingerprint density at radius 1 is 0.371 bits per heavy atom. The maximum absolute atomic E-state index is 13.1. The number of carbonyl (C=O) groups excluding carboxylic acids is 1. The summed E-state index contributed by atoms with van der Waals surface area (Å²) >= 11 is 0. The van der Waals surface area contributed by atoms with Gasteiger partial charge in [0.25, 0.3) is 0 Å². The number of rotatable bonds is 74. The zero-order chi connectivity index (χ0) is 64.8. The lowest BCUT2D eigenvalue weighted by atomic mass is 10.0. The van der Waals surface area contributed by atoms with E-state index in [1.807, 2.05) is 27.2 Å². The highest BCUT2D eigenvalue weighted by molar-refractivity contribution is 7.47. The minimum Gasteiger partial charge on any atom is -0.387 e. The fourth-order valence-electron chi connectivity index (χ4n) is 12.1. The molecule has 0 radical (unpaired) electrons. The number of phosphoric acid groups is 1. The summed E-state index contributed by atoms with van der Waals surface area (Å²) in [4.78, 5) is 23.5. The van der Waals surface area contributed by atoms with Crippen molar-refractivity contribution in [1.82, 2.24) is 5.32 Å². The standard InChI is InChI=1S/C80H155N2O6P/c1-6-8-10-12-14-16-18-20-22-24-26-28-30-32-34-35-36-37-38-39-40-41-42-43-44-45-46-47-48-50-52-54-56-58-60-62-64-66-68-70-72-74-80(84)81-78(77-88-89(85,86)87-76-75-82(3,4)5)79(83)73-71-69-67-65-63-61-59-57-55-53-51-49-33-31-29-27-25-23-21-19-17-15-13-11-9-7-2/h24,26,55,57,63,65,71,73,78-79,83H,6-23,25,27-54,56,58-62,64,66-70,72,74-77H2,1-5H3,(H-,81,84,85,86)/p+1/b26-24-,57-55+,65-63+,73-71+. The summed E-state index contributed by atoms with van der Waals surface area (Å²) in [5.74, 6) is -0.183. The molecular weight excluding hydrogens is 1120 g/mol. The van der Waals surface area contributed by atoms with Crippen LogP contribution in [0, 0.1) is 0 Å². The fraction of sp³-hybridized carbons (Fsp3) is 0.887. The predicted octanol–water partition coefficient (Wildman–Crippen LogP) is 25.7. The number of hydrogen-bond acceptors (Lipinski definition) is 5. The first kappa shape index (κ1) is 87.5. The van der Waals surface area contributed by atoms with E-state index in [-0.39, 0.29) is 19.1 Å². The van der Waals surface area contributed by atoms with E-state index in [4.69, 9.17) is 9.05 Å². The van der Waals surface area contributed by atoms with Crippen LogP contribution in [0.2, 0.25) is 0 Å². The fourth-order valence-corrected chi connectivity index (χ4v) is 12.9. The summed E-state index contributed by atoms with van der Waals surface area (Å²) in [7, 11) is 1.56. The number of likely N-dealkylation sites (N-methyl/N-ethyl adjacent to an activating group) is 1. The molecule has 0 aromatic rings. The van der Waals surface area contributed by atoms with Crippen LogP contribution in [-0.4, -0.2) is 73.4 Å². The quantitative estimate of drug-likeness (QED) is 0.0243. The van der Waals surface area contributed by atoms with E-state index in [1.54, 1.807) is 6.08 Å². The molecule has 0 bridgehead atoms. The highest BCUT2D eigenvalue weighted by Crippen LogP contribution is 2.43. The van der Waals surface area contributed by atoms with Gasteiger partial charge >= 0.3 is 7.82 Å². The third kappa shape index (κ3) is 73.7. The van der Waals surface area contributed by atoms with E-state index < -0.39 is 20.0 Å². The topological polar surface area (TPSA) is 105 Å². The van der Waals surface area contributed by atoms with Crippen LogP contribution < -0.4 is 5.32 Å². The number of carbonyl (C=O) groups is 1. The van der Waals surface area contributed by atoms with E-state index >= 15 is 0 Å². The molecule has 3 unspecified atom stereocenters. The molecule has 9 heteroatoms. The minimum absolute atomic E-state index is 0.0549. The average molecular weight is 1270 g/mol. The Kier molecular flexibility index (Phi) is 69.5. The minimum atomic E-state index is -4.37. The van der Waals surface area contributed by atoms with E-state index in [0.29, 0.717) is 17.4 Å². The second-order valence-electron chi connectivity index (χ2n) is 28.4. The molecule has 0 fully saturated rings. The van der Waals surface area contributed by atoms with Crippen LogP contribution in [0.25, 0.3) is 0 Å². The first-order chi connectivity index (χ1) is 43.5. The molecule has 8 nitrogen and oxygen atoms in total. The number of nitrogens with zero attached hydrogens (tertiary/aromatic N) is 1. The molecule has 0 aliphatic carbocycles. The lowest BCUT2D eigenvalue weighted by Gasteiger charge is -2.25. The molecule has 0 aromatic heterocycles. The first-order valence-electron chi connectivity index (χ1n) is 39.5. The molecule has 3 N–H and O–H groups in total. The molecule has 1 amide bonds. The smallest absolute Gasteiger partial charge is 0.387 e. The number of aliphatic hydroxyl groups excluding tert-OH is 1. The summed E-state index contributed by atoms with van der Waals surface area (Å²) < 4.78 is 23.8. The highest BCUT2D eigenvalue weighted by Gasteiger charge is 2.28. The lowest BCUT2D eigenvalue weighted by molar-refractivity contribution is -0.870. The number of allylic oxidation sites excluding steroid dienone is 7.